The lowest BCUT2D eigenvalue weighted by Crippen LogP contribution is -2.58. The van der Waals surface area contributed by atoms with Gasteiger partial charge in [-0.2, -0.15) is 26.3 Å². The van der Waals surface area contributed by atoms with Crippen LogP contribution in [0, 0.1) is 0 Å². The quantitative estimate of drug-likeness (QED) is 0.131. The predicted molar refractivity (Wildman–Crippen MR) is 153 cm³/mol. The molecule has 1 N–H and O–H groups in total. The number of aliphatic hydroxyl groups is 1. The maximum atomic E-state index is 13.9. The summed E-state index contributed by atoms with van der Waals surface area (Å²) in [5.41, 5.74) is -3.42. The molecule has 0 saturated carbocycles. The van der Waals surface area contributed by atoms with Crippen LogP contribution in [0.15, 0.2) is 91.0 Å². The fourth-order valence-electron chi connectivity index (χ4n) is 5.04. The molecule has 0 radical (unpaired) electrons. The van der Waals surface area contributed by atoms with Crippen LogP contribution in [0.1, 0.15) is 53.7 Å². The predicted octanol–water partition coefficient (Wildman–Crippen LogP) is 8.02. The molecule has 1 aliphatic heterocycles. The van der Waals surface area contributed by atoms with Crippen LogP contribution in [0.5, 0.6) is 0 Å². The highest BCUT2D eigenvalue weighted by Gasteiger charge is 2.47. The SMILES string of the molecule is C[C@@H](OC[C@@]1(c2ccccc2)C=CCC(OCCCO)N1C(=O)OCc1ccccc1)c1cc(C(F)(F)F)cc(C(F)(F)F)c1. The van der Waals surface area contributed by atoms with E-state index in [1.165, 1.54) is 11.8 Å². The maximum Gasteiger partial charge on any atom is 0.416 e. The second kappa shape index (κ2) is 14.5. The third kappa shape index (κ3) is 8.44. The molecular weight excluding hydrogens is 604 g/mol. The molecule has 4 rings (SSSR count). The first-order valence-corrected chi connectivity index (χ1v) is 14.2. The molecule has 0 fully saturated rings. The molecule has 1 aliphatic rings. The van der Waals surface area contributed by atoms with Crippen molar-refractivity contribution < 1.29 is 50.5 Å². The molecule has 3 aromatic rings. The molecule has 12 heteroatoms. The molecule has 0 spiro atoms. The highest BCUT2D eigenvalue weighted by molar-refractivity contribution is 5.70. The molecule has 3 atom stereocenters. The van der Waals surface area contributed by atoms with Gasteiger partial charge in [0.2, 0.25) is 0 Å². The normalized spacial score (nSPS) is 19.4. The second-order valence-electron chi connectivity index (χ2n) is 10.5. The summed E-state index contributed by atoms with van der Waals surface area (Å²) in [6.07, 6.45) is -8.98. The third-order valence-corrected chi connectivity index (χ3v) is 7.37. The van der Waals surface area contributed by atoms with Crippen LogP contribution in [0.3, 0.4) is 0 Å². The van der Waals surface area contributed by atoms with E-state index in [1.54, 1.807) is 66.7 Å². The highest BCUT2D eigenvalue weighted by Crippen LogP contribution is 2.41. The number of aliphatic hydroxyl groups excluding tert-OH is 1. The second-order valence-corrected chi connectivity index (χ2v) is 10.5. The Morgan fingerprint density at radius 1 is 0.956 bits per heavy atom. The molecule has 0 saturated heterocycles. The number of carbonyl (C=O) groups excluding carboxylic acids is 1. The zero-order valence-corrected chi connectivity index (χ0v) is 24.4. The minimum atomic E-state index is -5.02. The molecule has 6 nitrogen and oxygen atoms in total. The van der Waals surface area contributed by atoms with Crippen LogP contribution in [0.4, 0.5) is 31.1 Å². The topological polar surface area (TPSA) is 68.2 Å². The summed E-state index contributed by atoms with van der Waals surface area (Å²) in [5.74, 6) is 0. The van der Waals surface area contributed by atoms with Gasteiger partial charge in [-0.25, -0.2) is 4.79 Å². The molecule has 0 aromatic heterocycles. The van der Waals surface area contributed by atoms with Gasteiger partial charge in [0, 0.05) is 13.0 Å². The number of benzene rings is 3. The number of rotatable bonds is 11. The zero-order chi connectivity index (χ0) is 32.7. The van der Waals surface area contributed by atoms with Gasteiger partial charge in [-0.1, -0.05) is 72.8 Å². The number of hydrogen-bond acceptors (Lipinski definition) is 5. The Bertz CT molecular complexity index is 1400. The number of amides is 1. The Balaban J connectivity index is 1.72. The standard InChI is InChI=1S/C33H33F6NO5/c1-23(25-18-27(32(34,35)36)20-28(19-25)33(37,38)39)45-22-31(26-12-6-3-7-13-26)15-8-14-29(43-17-9-16-41)40(31)30(42)44-21-24-10-4-2-5-11-24/h2-8,10-13,15,18-20,23,29,41H,9,14,16-17,21-22H2,1H3/t23-,29?,31-/m1/s1. The van der Waals surface area contributed by atoms with Crippen LogP contribution in [-0.2, 0) is 38.7 Å². The summed E-state index contributed by atoms with van der Waals surface area (Å²) in [7, 11) is 0. The fourth-order valence-corrected chi connectivity index (χ4v) is 5.04. The number of halogens is 6. The molecule has 45 heavy (non-hydrogen) atoms. The van der Waals surface area contributed by atoms with Crippen LogP contribution >= 0.6 is 0 Å². The van der Waals surface area contributed by atoms with E-state index in [2.05, 4.69) is 0 Å². The summed E-state index contributed by atoms with van der Waals surface area (Å²) in [6.45, 7) is 0.850. The molecule has 0 bridgehead atoms. The summed E-state index contributed by atoms with van der Waals surface area (Å²) < 4.78 is 99.1. The minimum Gasteiger partial charge on any atom is -0.444 e. The van der Waals surface area contributed by atoms with E-state index in [0.29, 0.717) is 17.7 Å². The maximum absolute atomic E-state index is 13.9. The van der Waals surface area contributed by atoms with Crippen molar-refractivity contribution >= 4 is 6.09 Å². The van der Waals surface area contributed by atoms with Gasteiger partial charge in [0.1, 0.15) is 18.4 Å². The number of alkyl halides is 6. The lowest BCUT2D eigenvalue weighted by atomic mass is 9.85. The molecule has 0 aliphatic carbocycles. The Hall–Kier alpha value is -3.87. The number of nitrogens with zero attached hydrogens (tertiary/aromatic N) is 1. The van der Waals surface area contributed by atoms with Gasteiger partial charge >= 0.3 is 18.4 Å². The Morgan fingerprint density at radius 3 is 2.13 bits per heavy atom. The average Bonchev–Trinajstić information content (AvgIpc) is 3.02. The van der Waals surface area contributed by atoms with Gasteiger partial charge in [-0.3, -0.25) is 4.90 Å². The van der Waals surface area contributed by atoms with E-state index in [1.807, 2.05) is 6.07 Å². The van der Waals surface area contributed by atoms with Crippen molar-refractivity contribution in [1.82, 2.24) is 4.90 Å². The minimum absolute atomic E-state index is 0.0599. The fraction of sp³-hybridized carbons (Fsp3) is 0.364. The molecule has 1 amide bonds. The Labute approximate surface area is 256 Å². The largest absolute Gasteiger partial charge is 0.444 e. The number of ether oxygens (including phenoxy) is 3. The first-order chi connectivity index (χ1) is 21.3. The molecule has 1 heterocycles. The average molecular weight is 638 g/mol. The molecule has 242 valence electrons. The first-order valence-electron chi connectivity index (χ1n) is 14.2. The number of carbonyl (C=O) groups is 1. The Morgan fingerprint density at radius 2 is 1.56 bits per heavy atom. The van der Waals surface area contributed by atoms with E-state index in [9.17, 15) is 36.2 Å². The van der Waals surface area contributed by atoms with Crippen molar-refractivity contribution in [3.63, 3.8) is 0 Å². The van der Waals surface area contributed by atoms with E-state index < -0.39 is 47.4 Å². The third-order valence-electron chi connectivity index (χ3n) is 7.37. The van der Waals surface area contributed by atoms with Gasteiger partial charge in [-0.15, -0.1) is 0 Å². The summed E-state index contributed by atoms with van der Waals surface area (Å²) in [5, 5.41) is 9.29. The van der Waals surface area contributed by atoms with Crippen LogP contribution in [-0.4, -0.2) is 42.1 Å². The zero-order valence-electron chi connectivity index (χ0n) is 24.4. The van der Waals surface area contributed by atoms with Crippen molar-refractivity contribution in [3.05, 3.63) is 119 Å². The van der Waals surface area contributed by atoms with Gasteiger partial charge < -0.3 is 19.3 Å². The molecule has 3 aromatic carbocycles. The van der Waals surface area contributed by atoms with Gasteiger partial charge in [0.15, 0.2) is 0 Å². The van der Waals surface area contributed by atoms with Gasteiger partial charge in [0.25, 0.3) is 0 Å². The van der Waals surface area contributed by atoms with Crippen molar-refractivity contribution in [2.45, 2.75) is 56.6 Å². The number of hydrogen-bond donors (Lipinski definition) is 1. The smallest absolute Gasteiger partial charge is 0.416 e. The highest BCUT2D eigenvalue weighted by atomic mass is 19.4. The van der Waals surface area contributed by atoms with E-state index in [-0.39, 0.29) is 50.9 Å². The summed E-state index contributed by atoms with van der Waals surface area (Å²) in [6, 6.07) is 18.9. The van der Waals surface area contributed by atoms with Gasteiger partial charge in [0.05, 0.1) is 30.4 Å². The van der Waals surface area contributed by atoms with Crippen LogP contribution in [0.2, 0.25) is 0 Å². The summed E-state index contributed by atoms with van der Waals surface area (Å²) >= 11 is 0. The summed E-state index contributed by atoms with van der Waals surface area (Å²) in [4.78, 5) is 15.2. The lowest BCUT2D eigenvalue weighted by Gasteiger charge is -2.47. The monoisotopic (exact) mass is 637 g/mol. The van der Waals surface area contributed by atoms with Crippen LogP contribution in [0.25, 0.3) is 0 Å². The van der Waals surface area contributed by atoms with E-state index in [0.717, 1.165) is 5.56 Å². The van der Waals surface area contributed by atoms with Crippen molar-refractivity contribution in [1.29, 1.82) is 0 Å². The van der Waals surface area contributed by atoms with E-state index >= 15 is 0 Å². The van der Waals surface area contributed by atoms with E-state index in [4.69, 9.17) is 14.2 Å². The lowest BCUT2D eigenvalue weighted by molar-refractivity contribution is -0.143. The Kier molecular flexibility index (Phi) is 10.9. The first kappa shape index (κ1) is 34.0. The van der Waals surface area contributed by atoms with Crippen LogP contribution < -0.4 is 0 Å². The molecule has 1 unspecified atom stereocenters. The molecular formula is C33H33F6NO5. The van der Waals surface area contributed by atoms with Crippen molar-refractivity contribution in [2.24, 2.45) is 0 Å². The van der Waals surface area contributed by atoms with Crippen molar-refractivity contribution in [2.75, 3.05) is 19.8 Å². The van der Waals surface area contributed by atoms with Crippen molar-refractivity contribution in [3.8, 4) is 0 Å². The van der Waals surface area contributed by atoms with Gasteiger partial charge in [-0.05, 0) is 48.2 Å².